The molecule has 0 saturated carbocycles. The Balaban J connectivity index is 1.63. The summed E-state index contributed by atoms with van der Waals surface area (Å²) in [6, 6.07) is 7.96. The molecule has 0 aliphatic carbocycles. The quantitative estimate of drug-likeness (QED) is 0.774. The van der Waals surface area contributed by atoms with Gasteiger partial charge < -0.3 is 24.3 Å². The molecule has 2 aliphatic rings. The van der Waals surface area contributed by atoms with Crippen LogP contribution in [-0.4, -0.2) is 93.5 Å². The van der Waals surface area contributed by atoms with E-state index < -0.39 is 0 Å². The highest BCUT2D eigenvalue weighted by Gasteiger charge is 2.34. The zero-order valence-corrected chi connectivity index (χ0v) is 17.4. The Labute approximate surface area is 167 Å². The maximum Gasteiger partial charge on any atom is 0.246 e. The minimum atomic E-state index is -0.0407. The van der Waals surface area contributed by atoms with Crippen LogP contribution in [0.25, 0.3) is 0 Å². The lowest BCUT2D eigenvalue weighted by Gasteiger charge is -2.36. The molecule has 7 nitrogen and oxygen atoms in total. The van der Waals surface area contributed by atoms with Crippen molar-refractivity contribution < 1.29 is 14.3 Å². The molecule has 2 aliphatic heterocycles. The van der Waals surface area contributed by atoms with Crippen molar-refractivity contribution in [3.8, 4) is 5.75 Å². The molecule has 2 fully saturated rings. The molecule has 3 rings (SSSR count). The number of likely N-dealkylation sites (tertiary alicyclic amines) is 1. The number of rotatable bonds is 4. The first-order valence-electron chi connectivity index (χ1n) is 9.97. The second-order valence-electron chi connectivity index (χ2n) is 8.12. The highest BCUT2D eigenvalue weighted by atomic mass is 16.5. The maximum atomic E-state index is 13.1. The number of amides is 2. The summed E-state index contributed by atoms with van der Waals surface area (Å²) in [6.07, 6.45) is 1.88. The summed E-state index contributed by atoms with van der Waals surface area (Å²) in [7, 11) is 7.88. The predicted octanol–water partition coefficient (Wildman–Crippen LogP) is 1.14. The average molecular weight is 389 g/mol. The van der Waals surface area contributed by atoms with Crippen LogP contribution in [0.15, 0.2) is 24.3 Å². The van der Waals surface area contributed by atoms with Gasteiger partial charge in [-0.2, -0.15) is 0 Å². The Hall–Kier alpha value is -2.12. The number of methoxy groups -OCH3 is 1. The second kappa shape index (κ2) is 8.92. The van der Waals surface area contributed by atoms with Crippen molar-refractivity contribution in [3.05, 3.63) is 24.3 Å². The fourth-order valence-corrected chi connectivity index (χ4v) is 4.18. The molecular weight excluding hydrogens is 356 g/mol. The summed E-state index contributed by atoms with van der Waals surface area (Å²) in [6.45, 7) is 2.96. The Kier molecular flexibility index (Phi) is 6.57. The highest BCUT2D eigenvalue weighted by molar-refractivity contribution is 5.98. The molecule has 0 unspecified atom stereocenters. The third-order valence-corrected chi connectivity index (χ3v) is 5.88. The van der Waals surface area contributed by atoms with Gasteiger partial charge in [-0.15, -0.1) is 0 Å². The van der Waals surface area contributed by atoms with Gasteiger partial charge in [-0.05, 0) is 46.1 Å². The molecule has 154 valence electrons. The smallest absolute Gasteiger partial charge is 0.246 e. The number of carbonyl (C=O) groups excluding carboxylic acids is 2. The van der Waals surface area contributed by atoms with E-state index in [2.05, 4.69) is 30.9 Å². The van der Waals surface area contributed by atoms with Crippen LogP contribution in [0.5, 0.6) is 5.75 Å². The number of likely N-dealkylation sites (N-methyl/N-ethyl adjacent to an activating group) is 2. The van der Waals surface area contributed by atoms with Crippen LogP contribution in [0.2, 0.25) is 0 Å². The molecular formula is C21H32N4O3. The molecule has 0 bridgehead atoms. The summed E-state index contributed by atoms with van der Waals surface area (Å²) in [5, 5.41) is 0. The first-order chi connectivity index (χ1) is 13.4. The lowest BCUT2D eigenvalue weighted by atomic mass is 9.99. The molecule has 2 saturated heterocycles. The topological polar surface area (TPSA) is 56.3 Å². The van der Waals surface area contributed by atoms with Crippen LogP contribution in [0.3, 0.4) is 0 Å². The van der Waals surface area contributed by atoms with Crippen molar-refractivity contribution >= 4 is 17.5 Å². The van der Waals surface area contributed by atoms with E-state index in [4.69, 9.17) is 4.74 Å². The first-order valence-corrected chi connectivity index (χ1v) is 9.97. The van der Waals surface area contributed by atoms with Gasteiger partial charge in [0, 0.05) is 44.0 Å². The van der Waals surface area contributed by atoms with E-state index in [-0.39, 0.29) is 24.3 Å². The Morgan fingerprint density at radius 1 is 1.18 bits per heavy atom. The molecule has 0 radical (unpaired) electrons. The first kappa shape index (κ1) is 20.6. The van der Waals surface area contributed by atoms with Crippen molar-refractivity contribution in [1.82, 2.24) is 14.7 Å². The molecule has 7 heteroatoms. The van der Waals surface area contributed by atoms with E-state index in [9.17, 15) is 9.59 Å². The van der Waals surface area contributed by atoms with Crippen molar-refractivity contribution in [2.24, 2.45) is 5.92 Å². The minimum Gasteiger partial charge on any atom is -0.497 e. The molecule has 2 heterocycles. The van der Waals surface area contributed by atoms with Gasteiger partial charge in [0.05, 0.1) is 13.0 Å². The average Bonchev–Trinajstić information content (AvgIpc) is 2.89. The van der Waals surface area contributed by atoms with Gasteiger partial charge in [-0.25, -0.2) is 0 Å². The lowest BCUT2D eigenvalue weighted by Crippen LogP contribution is -2.54. The molecule has 1 aromatic carbocycles. The summed E-state index contributed by atoms with van der Waals surface area (Å²) in [4.78, 5) is 33.8. The number of hydrogen-bond donors (Lipinski definition) is 0. The maximum absolute atomic E-state index is 13.1. The standard InChI is InChI=1S/C21H32N4O3/c1-22(2)18-9-8-16(13-23(3)14-18)21(27)24-10-11-25(20(26)15-24)17-6-5-7-19(12-17)28-4/h5-7,12,16,18H,8-11,13-15H2,1-4H3/t16-,18+/m1/s1. The third kappa shape index (κ3) is 4.64. The van der Waals surface area contributed by atoms with Gasteiger partial charge >= 0.3 is 0 Å². The molecule has 2 atom stereocenters. The number of carbonyl (C=O) groups is 2. The van der Waals surface area contributed by atoms with Crippen LogP contribution < -0.4 is 9.64 Å². The fraction of sp³-hybridized carbons (Fsp3) is 0.619. The van der Waals surface area contributed by atoms with Gasteiger partial charge in [-0.3, -0.25) is 9.59 Å². The van der Waals surface area contributed by atoms with Crippen LogP contribution in [-0.2, 0) is 9.59 Å². The number of piperazine rings is 1. The van der Waals surface area contributed by atoms with E-state index in [1.54, 1.807) is 16.9 Å². The number of anilines is 1. The van der Waals surface area contributed by atoms with Crippen LogP contribution in [0.1, 0.15) is 12.8 Å². The van der Waals surface area contributed by atoms with Crippen molar-refractivity contribution in [2.75, 3.05) is 65.9 Å². The summed E-state index contributed by atoms with van der Waals surface area (Å²) in [5.74, 6) is 0.762. The Morgan fingerprint density at radius 3 is 2.64 bits per heavy atom. The van der Waals surface area contributed by atoms with Crippen LogP contribution >= 0.6 is 0 Å². The van der Waals surface area contributed by atoms with Crippen molar-refractivity contribution in [1.29, 1.82) is 0 Å². The normalized spacial score (nSPS) is 24.4. The van der Waals surface area contributed by atoms with E-state index in [1.807, 2.05) is 24.3 Å². The number of nitrogens with zero attached hydrogens (tertiary/aromatic N) is 4. The number of benzene rings is 1. The van der Waals surface area contributed by atoms with Crippen molar-refractivity contribution in [3.63, 3.8) is 0 Å². The number of hydrogen-bond acceptors (Lipinski definition) is 5. The molecule has 2 amide bonds. The highest BCUT2D eigenvalue weighted by Crippen LogP contribution is 2.25. The van der Waals surface area contributed by atoms with Gasteiger partial charge in [0.15, 0.2) is 0 Å². The third-order valence-electron chi connectivity index (χ3n) is 5.88. The van der Waals surface area contributed by atoms with Gasteiger partial charge in [0.25, 0.3) is 0 Å². The van der Waals surface area contributed by atoms with E-state index in [0.29, 0.717) is 19.1 Å². The monoisotopic (exact) mass is 388 g/mol. The lowest BCUT2D eigenvalue weighted by molar-refractivity contribution is -0.140. The summed E-state index contributed by atoms with van der Waals surface area (Å²) < 4.78 is 5.26. The SMILES string of the molecule is COc1cccc(N2CCN(C(=O)[C@@H]3CC[C@H](N(C)C)CN(C)C3)CC2=O)c1. The predicted molar refractivity (Wildman–Crippen MR) is 110 cm³/mol. The van der Waals surface area contributed by atoms with Gasteiger partial charge in [0.1, 0.15) is 12.3 Å². The molecule has 28 heavy (non-hydrogen) atoms. The summed E-state index contributed by atoms with van der Waals surface area (Å²) in [5.41, 5.74) is 0.819. The molecule has 0 spiro atoms. The minimum absolute atomic E-state index is 0.0360. The van der Waals surface area contributed by atoms with E-state index in [1.165, 1.54) is 0 Å². The van der Waals surface area contributed by atoms with Crippen molar-refractivity contribution in [2.45, 2.75) is 18.9 Å². The van der Waals surface area contributed by atoms with E-state index >= 15 is 0 Å². The largest absolute Gasteiger partial charge is 0.497 e. The van der Waals surface area contributed by atoms with E-state index in [0.717, 1.165) is 37.4 Å². The molecule has 0 N–H and O–H groups in total. The summed E-state index contributed by atoms with van der Waals surface area (Å²) >= 11 is 0. The van der Waals surface area contributed by atoms with Gasteiger partial charge in [-0.1, -0.05) is 6.07 Å². The zero-order valence-electron chi connectivity index (χ0n) is 17.4. The van der Waals surface area contributed by atoms with Gasteiger partial charge in [0.2, 0.25) is 11.8 Å². The second-order valence-corrected chi connectivity index (χ2v) is 8.12. The Bertz CT molecular complexity index is 709. The molecule has 0 aromatic heterocycles. The van der Waals surface area contributed by atoms with Crippen LogP contribution in [0, 0.1) is 5.92 Å². The Morgan fingerprint density at radius 2 is 1.96 bits per heavy atom. The fourth-order valence-electron chi connectivity index (χ4n) is 4.18. The van der Waals surface area contributed by atoms with Crippen LogP contribution in [0.4, 0.5) is 5.69 Å². The zero-order chi connectivity index (χ0) is 20.3. The number of ether oxygens (including phenoxy) is 1. The molecule has 1 aromatic rings.